The molecule has 0 unspecified atom stereocenters. The highest BCUT2D eigenvalue weighted by molar-refractivity contribution is 5.95. The average molecular weight is 455 g/mol. The highest BCUT2D eigenvalue weighted by atomic mass is 16.5. The van der Waals surface area contributed by atoms with Crippen molar-refractivity contribution in [1.82, 2.24) is 25.7 Å². The number of esters is 1. The molecule has 1 atom stereocenters. The maximum Gasteiger partial charge on any atom is 0.338 e. The molecule has 0 aliphatic carbocycles. The van der Waals surface area contributed by atoms with Gasteiger partial charge in [-0.1, -0.05) is 6.92 Å². The number of nitrogens with zero attached hydrogens (tertiary/aromatic N) is 3. The van der Waals surface area contributed by atoms with Crippen LogP contribution in [0.1, 0.15) is 38.0 Å². The van der Waals surface area contributed by atoms with Gasteiger partial charge in [-0.3, -0.25) is 4.90 Å². The standard InChI is InChI=1S/C22H25N5O6/c1-3-9-27(13-17-25-26-20(33-17)16-8-6-11-32-16)12-14-18(21(28)30-4-2)19(24-22(29)23-14)15-7-5-10-31-15/h5-8,10-11,19H,3-4,9,12-13H2,1-2H3,(H2,23,24,29)/t19-/m0/s1. The summed E-state index contributed by atoms with van der Waals surface area (Å²) in [5.41, 5.74) is 0.715. The Balaban J connectivity index is 1.61. The van der Waals surface area contributed by atoms with E-state index in [0.29, 0.717) is 36.2 Å². The summed E-state index contributed by atoms with van der Waals surface area (Å²) in [6, 6.07) is 5.67. The number of urea groups is 1. The van der Waals surface area contributed by atoms with E-state index in [1.807, 2.05) is 11.8 Å². The van der Waals surface area contributed by atoms with Crippen LogP contribution in [-0.2, 0) is 16.1 Å². The smallest absolute Gasteiger partial charge is 0.338 e. The number of hydrogen-bond acceptors (Lipinski definition) is 9. The molecule has 1 aliphatic heterocycles. The molecule has 4 rings (SSSR count). The van der Waals surface area contributed by atoms with Crippen LogP contribution < -0.4 is 10.6 Å². The van der Waals surface area contributed by atoms with Crippen LogP contribution in [0.15, 0.2) is 61.3 Å². The van der Waals surface area contributed by atoms with Gasteiger partial charge in [0.05, 0.1) is 31.3 Å². The molecule has 0 saturated heterocycles. The van der Waals surface area contributed by atoms with E-state index >= 15 is 0 Å². The fourth-order valence-corrected chi connectivity index (χ4v) is 3.62. The minimum Gasteiger partial charge on any atom is -0.467 e. The van der Waals surface area contributed by atoms with Gasteiger partial charge in [0.2, 0.25) is 5.89 Å². The van der Waals surface area contributed by atoms with Crippen molar-refractivity contribution in [3.05, 3.63) is 59.7 Å². The number of hydrogen-bond donors (Lipinski definition) is 2. The van der Waals surface area contributed by atoms with Crippen LogP contribution in [0.2, 0.25) is 0 Å². The molecule has 3 aromatic rings. The molecule has 33 heavy (non-hydrogen) atoms. The third kappa shape index (κ3) is 5.14. The Morgan fingerprint density at radius 1 is 1.15 bits per heavy atom. The molecular formula is C22H25N5O6. The first-order valence-corrected chi connectivity index (χ1v) is 10.7. The van der Waals surface area contributed by atoms with Gasteiger partial charge in [0.25, 0.3) is 5.89 Å². The second kappa shape index (κ2) is 10.2. The molecule has 0 spiro atoms. The summed E-state index contributed by atoms with van der Waals surface area (Å²) in [6.07, 6.45) is 3.85. The maximum atomic E-state index is 12.9. The minimum absolute atomic E-state index is 0.199. The molecule has 2 N–H and O–H groups in total. The van der Waals surface area contributed by atoms with Crippen LogP contribution in [0.4, 0.5) is 4.79 Å². The van der Waals surface area contributed by atoms with Crippen molar-refractivity contribution in [3.8, 4) is 11.7 Å². The fourth-order valence-electron chi connectivity index (χ4n) is 3.62. The quantitative estimate of drug-likeness (QED) is 0.442. The Morgan fingerprint density at radius 2 is 1.97 bits per heavy atom. The second-order valence-corrected chi connectivity index (χ2v) is 7.35. The molecule has 0 saturated carbocycles. The van der Waals surface area contributed by atoms with Gasteiger partial charge in [0.15, 0.2) is 5.76 Å². The average Bonchev–Trinajstić information content (AvgIpc) is 3.55. The molecule has 11 heteroatoms. The Bertz CT molecular complexity index is 1100. The number of nitrogens with one attached hydrogen (secondary N) is 2. The Labute approximate surface area is 189 Å². The number of carbonyl (C=O) groups is 2. The summed E-state index contributed by atoms with van der Waals surface area (Å²) in [5, 5.41) is 13.6. The van der Waals surface area contributed by atoms with Gasteiger partial charge in [-0.05, 0) is 44.2 Å². The Kier molecular flexibility index (Phi) is 6.89. The van der Waals surface area contributed by atoms with Crippen molar-refractivity contribution in [2.75, 3.05) is 19.7 Å². The van der Waals surface area contributed by atoms with Crippen LogP contribution in [0.3, 0.4) is 0 Å². The van der Waals surface area contributed by atoms with Crippen LogP contribution >= 0.6 is 0 Å². The van der Waals surface area contributed by atoms with Gasteiger partial charge in [-0.2, -0.15) is 0 Å². The Morgan fingerprint density at radius 3 is 2.67 bits per heavy atom. The predicted octanol–water partition coefficient (Wildman–Crippen LogP) is 3.01. The van der Waals surface area contributed by atoms with Crippen molar-refractivity contribution in [2.24, 2.45) is 0 Å². The van der Waals surface area contributed by atoms with Gasteiger partial charge in [0, 0.05) is 12.2 Å². The number of aromatic nitrogens is 2. The van der Waals surface area contributed by atoms with E-state index < -0.39 is 18.0 Å². The molecule has 2 amide bonds. The van der Waals surface area contributed by atoms with E-state index in [2.05, 4.69) is 20.8 Å². The molecule has 3 aromatic heterocycles. The lowest BCUT2D eigenvalue weighted by molar-refractivity contribution is -0.139. The minimum atomic E-state index is -0.764. The summed E-state index contributed by atoms with van der Waals surface area (Å²) >= 11 is 0. The molecular weight excluding hydrogens is 430 g/mol. The molecule has 0 aromatic carbocycles. The van der Waals surface area contributed by atoms with E-state index in [4.69, 9.17) is 18.0 Å². The lowest BCUT2D eigenvalue weighted by atomic mass is 9.99. The van der Waals surface area contributed by atoms with Crippen molar-refractivity contribution in [1.29, 1.82) is 0 Å². The molecule has 1 aliphatic rings. The number of carbonyl (C=O) groups excluding carboxylic acids is 2. The molecule has 0 radical (unpaired) electrons. The number of amides is 2. The molecule has 0 fully saturated rings. The summed E-state index contributed by atoms with van der Waals surface area (Å²) in [7, 11) is 0. The van der Waals surface area contributed by atoms with Gasteiger partial charge >= 0.3 is 12.0 Å². The van der Waals surface area contributed by atoms with Gasteiger partial charge < -0.3 is 28.6 Å². The van der Waals surface area contributed by atoms with Crippen molar-refractivity contribution >= 4 is 12.0 Å². The first-order valence-electron chi connectivity index (χ1n) is 10.7. The van der Waals surface area contributed by atoms with Crippen molar-refractivity contribution < 1.29 is 27.6 Å². The van der Waals surface area contributed by atoms with E-state index in [-0.39, 0.29) is 24.6 Å². The van der Waals surface area contributed by atoms with E-state index in [1.54, 1.807) is 31.2 Å². The topological polar surface area (TPSA) is 136 Å². The molecule has 11 nitrogen and oxygen atoms in total. The van der Waals surface area contributed by atoms with Gasteiger partial charge in [0.1, 0.15) is 11.8 Å². The highest BCUT2D eigenvalue weighted by Gasteiger charge is 2.36. The summed E-state index contributed by atoms with van der Waals surface area (Å²) in [6.45, 7) is 5.19. The third-order valence-corrected chi connectivity index (χ3v) is 4.96. The Hall–Kier alpha value is -3.86. The predicted molar refractivity (Wildman–Crippen MR) is 114 cm³/mol. The third-order valence-electron chi connectivity index (χ3n) is 4.96. The van der Waals surface area contributed by atoms with Gasteiger partial charge in [-0.15, -0.1) is 10.2 Å². The monoisotopic (exact) mass is 455 g/mol. The van der Waals surface area contributed by atoms with Crippen LogP contribution in [0.5, 0.6) is 0 Å². The SMILES string of the molecule is CCCN(CC1=C(C(=O)OCC)[C@H](c2ccco2)NC(=O)N1)Cc1nnc(-c2ccco2)o1. The van der Waals surface area contributed by atoms with Crippen LogP contribution in [0.25, 0.3) is 11.7 Å². The summed E-state index contributed by atoms with van der Waals surface area (Å²) < 4.78 is 21.8. The van der Waals surface area contributed by atoms with E-state index in [9.17, 15) is 9.59 Å². The number of furan rings is 2. The zero-order valence-corrected chi connectivity index (χ0v) is 18.4. The van der Waals surface area contributed by atoms with Crippen molar-refractivity contribution in [2.45, 2.75) is 32.9 Å². The molecule has 174 valence electrons. The highest BCUT2D eigenvalue weighted by Crippen LogP contribution is 2.29. The lowest BCUT2D eigenvalue weighted by Gasteiger charge is -2.30. The molecule has 4 heterocycles. The zero-order valence-electron chi connectivity index (χ0n) is 18.4. The maximum absolute atomic E-state index is 12.9. The molecule has 0 bridgehead atoms. The van der Waals surface area contributed by atoms with E-state index in [1.165, 1.54) is 12.5 Å². The van der Waals surface area contributed by atoms with Crippen LogP contribution in [0, 0.1) is 0 Å². The summed E-state index contributed by atoms with van der Waals surface area (Å²) in [5.74, 6) is 1.06. The van der Waals surface area contributed by atoms with E-state index in [0.717, 1.165) is 6.42 Å². The van der Waals surface area contributed by atoms with Gasteiger partial charge in [-0.25, -0.2) is 9.59 Å². The number of ether oxygens (including phenoxy) is 1. The number of rotatable bonds is 10. The lowest BCUT2D eigenvalue weighted by Crippen LogP contribution is -2.48. The van der Waals surface area contributed by atoms with Crippen LogP contribution in [-0.4, -0.2) is 46.8 Å². The fraction of sp³-hybridized carbons (Fsp3) is 0.364. The largest absolute Gasteiger partial charge is 0.467 e. The first kappa shape index (κ1) is 22.3. The zero-order chi connectivity index (χ0) is 23.2. The first-order chi connectivity index (χ1) is 16.1. The summed E-state index contributed by atoms with van der Waals surface area (Å²) in [4.78, 5) is 27.3. The van der Waals surface area contributed by atoms with Crippen molar-refractivity contribution in [3.63, 3.8) is 0 Å². The normalized spacial score (nSPS) is 16.1. The second-order valence-electron chi connectivity index (χ2n) is 7.35.